The zero-order valence-corrected chi connectivity index (χ0v) is 17.3. The number of nitrogens with one attached hydrogen (secondary N) is 2. The van der Waals surface area contributed by atoms with Crippen molar-refractivity contribution < 1.29 is 22.3 Å². The van der Waals surface area contributed by atoms with Gasteiger partial charge in [-0.1, -0.05) is 25.8 Å². The standard InChI is InChI=1S/C21H25FN2O4S/c1-14-6-3-4-9-20(14)24-29(26,27)17-10-11-19(22)18(13-17)21(25)23-15-7-5-8-16(12-15)28-2/h5,7-8,10-14,20,24H,3-4,6,9H2,1-2H3,(H,23,25). The second-order valence-corrected chi connectivity index (χ2v) is 9.03. The third-order valence-corrected chi connectivity index (χ3v) is 6.73. The number of hydrogen-bond donors (Lipinski definition) is 2. The summed E-state index contributed by atoms with van der Waals surface area (Å²) in [4.78, 5) is 12.4. The number of ether oxygens (including phenoxy) is 1. The summed E-state index contributed by atoms with van der Waals surface area (Å²) in [6, 6.07) is 9.69. The van der Waals surface area contributed by atoms with Crippen molar-refractivity contribution in [1.29, 1.82) is 0 Å². The van der Waals surface area contributed by atoms with Crippen LogP contribution in [0.25, 0.3) is 0 Å². The topological polar surface area (TPSA) is 84.5 Å². The van der Waals surface area contributed by atoms with Crippen LogP contribution in [0.4, 0.5) is 10.1 Å². The van der Waals surface area contributed by atoms with Crippen LogP contribution in [0.5, 0.6) is 5.75 Å². The number of carbonyl (C=O) groups is 1. The molecule has 2 aromatic carbocycles. The van der Waals surface area contributed by atoms with E-state index in [-0.39, 0.29) is 22.4 Å². The summed E-state index contributed by atoms with van der Waals surface area (Å²) in [5.74, 6) is -0.769. The molecular weight excluding hydrogens is 395 g/mol. The van der Waals surface area contributed by atoms with Crippen molar-refractivity contribution in [3.05, 3.63) is 53.8 Å². The van der Waals surface area contributed by atoms with Crippen LogP contribution < -0.4 is 14.8 Å². The lowest BCUT2D eigenvalue weighted by molar-refractivity contribution is 0.102. The van der Waals surface area contributed by atoms with Crippen molar-refractivity contribution in [2.45, 2.75) is 43.5 Å². The molecule has 0 radical (unpaired) electrons. The second kappa shape index (κ2) is 8.92. The van der Waals surface area contributed by atoms with Gasteiger partial charge in [-0.05, 0) is 49.1 Å². The first-order valence-corrected chi connectivity index (χ1v) is 11.1. The van der Waals surface area contributed by atoms with Crippen molar-refractivity contribution in [1.82, 2.24) is 4.72 Å². The summed E-state index contributed by atoms with van der Waals surface area (Å²) in [5.41, 5.74) is 0.0727. The molecule has 1 fully saturated rings. The van der Waals surface area contributed by atoms with Crippen LogP contribution in [0.2, 0.25) is 0 Å². The molecule has 156 valence electrons. The van der Waals surface area contributed by atoms with Gasteiger partial charge in [-0.2, -0.15) is 0 Å². The molecular formula is C21H25FN2O4S. The fourth-order valence-corrected chi connectivity index (χ4v) is 4.91. The molecule has 0 bridgehead atoms. The summed E-state index contributed by atoms with van der Waals surface area (Å²) in [6.45, 7) is 2.02. The van der Waals surface area contributed by atoms with Gasteiger partial charge in [-0.25, -0.2) is 17.5 Å². The molecule has 2 unspecified atom stereocenters. The fourth-order valence-electron chi connectivity index (χ4n) is 3.50. The average molecular weight is 421 g/mol. The van der Waals surface area contributed by atoms with E-state index in [1.165, 1.54) is 13.2 Å². The predicted molar refractivity (Wildman–Crippen MR) is 109 cm³/mol. The van der Waals surface area contributed by atoms with Gasteiger partial charge >= 0.3 is 0 Å². The lowest BCUT2D eigenvalue weighted by atomic mass is 9.87. The molecule has 1 amide bonds. The monoisotopic (exact) mass is 420 g/mol. The summed E-state index contributed by atoms with van der Waals surface area (Å²) >= 11 is 0. The second-order valence-electron chi connectivity index (χ2n) is 7.32. The molecule has 29 heavy (non-hydrogen) atoms. The number of sulfonamides is 1. The number of methoxy groups -OCH3 is 1. The van der Waals surface area contributed by atoms with Gasteiger partial charge < -0.3 is 10.1 Å². The molecule has 0 spiro atoms. The molecule has 0 heterocycles. The van der Waals surface area contributed by atoms with Gasteiger partial charge in [0.05, 0.1) is 17.6 Å². The van der Waals surface area contributed by atoms with E-state index in [2.05, 4.69) is 10.0 Å². The number of halogens is 1. The van der Waals surface area contributed by atoms with Gasteiger partial charge in [0.25, 0.3) is 5.91 Å². The van der Waals surface area contributed by atoms with Gasteiger partial charge in [0.15, 0.2) is 0 Å². The Bertz CT molecular complexity index is 994. The van der Waals surface area contributed by atoms with Gasteiger partial charge in [0.1, 0.15) is 11.6 Å². The van der Waals surface area contributed by atoms with E-state index >= 15 is 0 Å². The van der Waals surface area contributed by atoms with Gasteiger partial charge in [0.2, 0.25) is 10.0 Å². The highest BCUT2D eigenvalue weighted by atomic mass is 32.2. The Morgan fingerprint density at radius 2 is 1.90 bits per heavy atom. The summed E-state index contributed by atoms with van der Waals surface area (Å²) < 4.78 is 47.7. The molecule has 8 heteroatoms. The average Bonchev–Trinajstić information content (AvgIpc) is 2.70. The Morgan fingerprint density at radius 1 is 1.14 bits per heavy atom. The number of carbonyl (C=O) groups excluding carboxylic acids is 1. The van der Waals surface area contributed by atoms with Gasteiger partial charge in [0, 0.05) is 17.8 Å². The van der Waals surface area contributed by atoms with E-state index in [9.17, 15) is 17.6 Å². The largest absolute Gasteiger partial charge is 0.497 e. The lowest BCUT2D eigenvalue weighted by Crippen LogP contribution is -2.41. The number of rotatable bonds is 6. The first-order valence-electron chi connectivity index (χ1n) is 9.57. The van der Waals surface area contributed by atoms with Crippen LogP contribution in [0, 0.1) is 11.7 Å². The number of hydrogen-bond acceptors (Lipinski definition) is 4. The quantitative estimate of drug-likeness (QED) is 0.741. The van der Waals surface area contributed by atoms with Crippen molar-refractivity contribution in [2.75, 3.05) is 12.4 Å². The van der Waals surface area contributed by atoms with Crippen molar-refractivity contribution in [3.63, 3.8) is 0 Å². The number of benzene rings is 2. The Balaban J connectivity index is 1.82. The molecule has 3 rings (SSSR count). The molecule has 6 nitrogen and oxygen atoms in total. The molecule has 0 aliphatic heterocycles. The third kappa shape index (κ3) is 5.13. The minimum absolute atomic E-state index is 0.132. The van der Waals surface area contributed by atoms with Crippen LogP contribution in [0.15, 0.2) is 47.4 Å². The van der Waals surface area contributed by atoms with E-state index < -0.39 is 21.7 Å². The molecule has 1 saturated carbocycles. The molecule has 2 atom stereocenters. The maximum Gasteiger partial charge on any atom is 0.258 e. The van der Waals surface area contributed by atoms with Crippen LogP contribution in [-0.4, -0.2) is 27.5 Å². The minimum atomic E-state index is -3.87. The molecule has 0 saturated heterocycles. The Labute approximate surface area is 170 Å². The molecule has 2 N–H and O–H groups in total. The van der Waals surface area contributed by atoms with Crippen LogP contribution in [0.3, 0.4) is 0 Å². The number of anilines is 1. The number of amides is 1. The van der Waals surface area contributed by atoms with Crippen LogP contribution in [0.1, 0.15) is 43.0 Å². The summed E-state index contributed by atoms with van der Waals surface area (Å²) in [7, 11) is -2.37. The normalized spacial score (nSPS) is 19.6. The summed E-state index contributed by atoms with van der Waals surface area (Å²) in [5, 5.41) is 2.57. The Hall–Kier alpha value is -2.45. The first-order chi connectivity index (χ1) is 13.8. The lowest BCUT2D eigenvalue weighted by Gasteiger charge is -2.29. The highest BCUT2D eigenvalue weighted by Gasteiger charge is 2.27. The highest BCUT2D eigenvalue weighted by Crippen LogP contribution is 2.26. The van der Waals surface area contributed by atoms with E-state index in [1.807, 2.05) is 6.92 Å². The van der Waals surface area contributed by atoms with Crippen molar-refractivity contribution in [3.8, 4) is 5.75 Å². The maximum absolute atomic E-state index is 14.3. The Morgan fingerprint density at radius 3 is 2.62 bits per heavy atom. The smallest absolute Gasteiger partial charge is 0.258 e. The Kier molecular flexibility index (Phi) is 6.54. The SMILES string of the molecule is COc1cccc(NC(=O)c2cc(S(=O)(=O)NC3CCCCC3C)ccc2F)c1. The van der Waals surface area contributed by atoms with Gasteiger partial charge in [-0.3, -0.25) is 4.79 Å². The van der Waals surface area contributed by atoms with Crippen LogP contribution in [-0.2, 0) is 10.0 Å². The first kappa shape index (κ1) is 21.3. The van der Waals surface area contributed by atoms with Gasteiger partial charge in [-0.15, -0.1) is 0 Å². The van der Waals surface area contributed by atoms with E-state index in [1.54, 1.807) is 24.3 Å². The predicted octanol–water partition coefficient (Wildman–Crippen LogP) is 3.94. The molecule has 1 aliphatic rings. The zero-order valence-electron chi connectivity index (χ0n) is 16.4. The van der Waals surface area contributed by atoms with E-state index in [0.717, 1.165) is 37.8 Å². The zero-order chi connectivity index (χ0) is 21.0. The molecule has 0 aromatic heterocycles. The fraction of sp³-hybridized carbons (Fsp3) is 0.381. The van der Waals surface area contributed by atoms with Crippen molar-refractivity contribution in [2.24, 2.45) is 5.92 Å². The molecule has 1 aliphatic carbocycles. The summed E-state index contributed by atoms with van der Waals surface area (Å²) in [6.07, 6.45) is 3.79. The van der Waals surface area contributed by atoms with E-state index in [0.29, 0.717) is 11.4 Å². The molecule has 2 aromatic rings. The van der Waals surface area contributed by atoms with E-state index in [4.69, 9.17) is 4.74 Å². The van der Waals surface area contributed by atoms with Crippen molar-refractivity contribution >= 4 is 21.6 Å². The van der Waals surface area contributed by atoms with Crippen LogP contribution >= 0.6 is 0 Å². The minimum Gasteiger partial charge on any atom is -0.497 e. The highest BCUT2D eigenvalue weighted by molar-refractivity contribution is 7.89. The maximum atomic E-state index is 14.3. The third-order valence-electron chi connectivity index (χ3n) is 5.24.